The average molecular weight is 366 g/mol. The number of ether oxygens (including phenoxy) is 1. The van der Waals surface area contributed by atoms with Gasteiger partial charge in [-0.15, -0.1) is 0 Å². The number of rotatable bonds is 5. The van der Waals surface area contributed by atoms with Crippen LogP contribution in [0.5, 0.6) is 5.75 Å². The van der Waals surface area contributed by atoms with Crippen molar-refractivity contribution in [1.29, 1.82) is 0 Å². The zero-order chi connectivity index (χ0) is 19.6. The molecule has 0 saturated heterocycles. The van der Waals surface area contributed by atoms with Gasteiger partial charge in [-0.05, 0) is 37.6 Å². The summed E-state index contributed by atoms with van der Waals surface area (Å²) in [5.41, 5.74) is 1.93. The molecule has 1 atom stereocenters. The third-order valence-electron chi connectivity index (χ3n) is 4.63. The number of amides is 2. The molecule has 1 heterocycles. The molecule has 2 aromatic rings. The van der Waals surface area contributed by atoms with Gasteiger partial charge in [0.25, 0.3) is 5.91 Å². The number of fused-ring (bicyclic) bond motifs is 1. The zero-order valence-electron chi connectivity index (χ0n) is 15.6. The largest absolute Gasteiger partial charge is 0.482 e. The molecule has 0 saturated carbocycles. The fraction of sp³-hybridized carbons (Fsp3) is 0.286. The summed E-state index contributed by atoms with van der Waals surface area (Å²) in [5, 5.41) is 0. The Morgan fingerprint density at radius 3 is 2.56 bits per heavy atom. The molecule has 140 valence electrons. The second-order valence-corrected chi connectivity index (χ2v) is 6.65. The van der Waals surface area contributed by atoms with Gasteiger partial charge < -0.3 is 9.64 Å². The lowest BCUT2D eigenvalue weighted by atomic mass is 10.1. The molecule has 6 heteroatoms. The topological polar surface area (TPSA) is 66.9 Å². The minimum atomic E-state index is -0.712. The van der Waals surface area contributed by atoms with Gasteiger partial charge in [0, 0.05) is 19.2 Å². The summed E-state index contributed by atoms with van der Waals surface area (Å²) in [4.78, 5) is 40.2. The maximum Gasteiger partial charge on any atom is 0.265 e. The van der Waals surface area contributed by atoms with E-state index in [1.807, 2.05) is 30.3 Å². The quantitative estimate of drug-likeness (QED) is 0.763. The standard InChI is InChI=1S/C21H22N2O4/c1-14(21(26)22(3)12-16-7-5-4-6-8-16)23-18-11-17(15(2)24)9-10-19(18)27-13-20(23)25/h4-11,14H,12-13H2,1-3H3. The van der Waals surface area contributed by atoms with Crippen LogP contribution in [0.4, 0.5) is 5.69 Å². The van der Waals surface area contributed by atoms with Crippen molar-refractivity contribution in [1.82, 2.24) is 4.90 Å². The van der Waals surface area contributed by atoms with Crippen LogP contribution in [0.1, 0.15) is 29.8 Å². The fourth-order valence-electron chi connectivity index (χ4n) is 3.18. The first kappa shape index (κ1) is 18.6. The molecule has 0 fully saturated rings. The Bertz CT molecular complexity index is 879. The minimum Gasteiger partial charge on any atom is -0.482 e. The van der Waals surface area contributed by atoms with Crippen LogP contribution >= 0.6 is 0 Å². The number of likely N-dealkylation sites (N-methyl/N-ethyl adjacent to an activating group) is 1. The molecule has 0 N–H and O–H groups in total. The second kappa shape index (κ2) is 7.61. The van der Waals surface area contributed by atoms with Crippen molar-refractivity contribution >= 4 is 23.3 Å². The van der Waals surface area contributed by atoms with E-state index < -0.39 is 6.04 Å². The van der Waals surface area contributed by atoms with Gasteiger partial charge in [-0.1, -0.05) is 30.3 Å². The van der Waals surface area contributed by atoms with E-state index in [1.165, 1.54) is 11.8 Å². The van der Waals surface area contributed by atoms with Crippen molar-refractivity contribution in [2.45, 2.75) is 26.4 Å². The number of hydrogen-bond donors (Lipinski definition) is 0. The van der Waals surface area contributed by atoms with Crippen molar-refractivity contribution < 1.29 is 19.1 Å². The van der Waals surface area contributed by atoms with Gasteiger partial charge in [-0.2, -0.15) is 0 Å². The monoisotopic (exact) mass is 366 g/mol. The lowest BCUT2D eigenvalue weighted by Crippen LogP contribution is -2.51. The highest BCUT2D eigenvalue weighted by atomic mass is 16.5. The van der Waals surface area contributed by atoms with Crippen molar-refractivity contribution in [2.24, 2.45) is 0 Å². The molecule has 1 aliphatic heterocycles. The summed E-state index contributed by atoms with van der Waals surface area (Å²) in [6.07, 6.45) is 0. The molecule has 3 rings (SSSR count). The number of benzene rings is 2. The first-order chi connectivity index (χ1) is 12.9. The number of carbonyl (C=O) groups excluding carboxylic acids is 3. The van der Waals surface area contributed by atoms with Crippen LogP contribution in [0.3, 0.4) is 0 Å². The number of nitrogens with zero attached hydrogens (tertiary/aromatic N) is 2. The van der Waals surface area contributed by atoms with Gasteiger partial charge in [-0.3, -0.25) is 19.3 Å². The van der Waals surface area contributed by atoms with Crippen LogP contribution in [-0.2, 0) is 16.1 Å². The summed E-state index contributed by atoms with van der Waals surface area (Å²) >= 11 is 0. The van der Waals surface area contributed by atoms with Crippen LogP contribution in [0.2, 0.25) is 0 Å². The van der Waals surface area contributed by atoms with E-state index in [1.54, 1.807) is 37.1 Å². The van der Waals surface area contributed by atoms with Crippen molar-refractivity contribution in [2.75, 3.05) is 18.6 Å². The summed E-state index contributed by atoms with van der Waals surface area (Å²) in [7, 11) is 1.71. The molecule has 1 unspecified atom stereocenters. The number of ketones is 1. The Morgan fingerprint density at radius 1 is 1.19 bits per heavy atom. The van der Waals surface area contributed by atoms with E-state index in [-0.39, 0.29) is 24.2 Å². The Balaban J connectivity index is 1.86. The molecular formula is C21H22N2O4. The number of Topliss-reactive ketones (excluding diaryl/α,β-unsaturated/α-hetero) is 1. The van der Waals surface area contributed by atoms with Crippen LogP contribution in [0, 0.1) is 0 Å². The Labute approximate surface area is 158 Å². The molecule has 0 aliphatic carbocycles. The van der Waals surface area contributed by atoms with Gasteiger partial charge in [-0.25, -0.2) is 0 Å². The third kappa shape index (κ3) is 3.84. The van der Waals surface area contributed by atoms with Gasteiger partial charge >= 0.3 is 0 Å². The average Bonchev–Trinajstić information content (AvgIpc) is 2.67. The van der Waals surface area contributed by atoms with Gasteiger partial charge in [0.2, 0.25) is 5.91 Å². The molecule has 0 spiro atoms. The number of hydrogen-bond acceptors (Lipinski definition) is 4. The molecule has 0 radical (unpaired) electrons. The predicted octanol–water partition coefficient (Wildman–Crippen LogP) is 2.66. The van der Waals surface area contributed by atoms with Gasteiger partial charge in [0.05, 0.1) is 5.69 Å². The lowest BCUT2D eigenvalue weighted by molar-refractivity contribution is -0.134. The maximum atomic E-state index is 12.9. The van der Waals surface area contributed by atoms with Crippen molar-refractivity contribution in [3.8, 4) is 5.75 Å². The first-order valence-corrected chi connectivity index (χ1v) is 8.77. The highest BCUT2D eigenvalue weighted by molar-refractivity contribution is 6.05. The van der Waals surface area contributed by atoms with E-state index in [9.17, 15) is 14.4 Å². The summed E-state index contributed by atoms with van der Waals surface area (Å²) < 4.78 is 5.46. The smallest absolute Gasteiger partial charge is 0.265 e. The first-order valence-electron chi connectivity index (χ1n) is 8.77. The fourth-order valence-corrected chi connectivity index (χ4v) is 3.18. The van der Waals surface area contributed by atoms with Gasteiger partial charge in [0.1, 0.15) is 11.8 Å². The molecule has 2 amide bonds. The second-order valence-electron chi connectivity index (χ2n) is 6.65. The van der Waals surface area contributed by atoms with Crippen molar-refractivity contribution in [3.05, 3.63) is 59.7 Å². The lowest BCUT2D eigenvalue weighted by Gasteiger charge is -2.35. The predicted molar refractivity (Wildman–Crippen MR) is 102 cm³/mol. The molecular weight excluding hydrogens is 344 g/mol. The highest BCUT2D eigenvalue weighted by Gasteiger charge is 2.34. The maximum absolute atomic E-state index is 12.9. The Morgan fingerprint density at radius 2 is 1.89 bits per heavy atom. The van der Waals surface area contributed by atoms with E-state index in [0.717, 1.165) is 5.56 Å². The Hall–Kier alpha value is -3.15. The SMILES string of the molecule is CC(=O)c1ccc2c(c1)N(C(C)C(=O)N(C)Cc1ccccc1)C(=O)CO2. The van der Waals surface area contributed by atoms with E-state index >= 15 is 0 Å². The normalized spacial score (nSPS) is 14.2. The molecule has 27 heavy (non-hydrogen) atoms. The summed E-state index contributed by atoms with van der Waals surface area (Å²) in [6.45, 7) is 3.46. The van der Waals surface area contributed by atoms with E-state index in [4.69, 9.17) is 4.74 Å². The van der Waals surface area contributed by atoms with Crippen LogP contribution < -0.4 is 9.64 Å². The molecule has 1 aliphatic rings. The Kier molecular flexibility index (Phi) is 5.26. The zero-order valence-corrected chi connectivity index (χ0v) is 15.6. The van der Waals surface area contributed by atoms with E-state index in [0.29, 0.717) is 23.5 Å². The molecule has 0 aromatic heterocycles. The number of anilines is 1. The van der Waals surface area contributed by atoms with Crippen LogP contribution in [-0.4, -0.2) is 42.2 Å². The van der Waals surface area contributed by atoms with Crippen LogP contribution in [0.15, 0.2) is 48.5 Å². The number of carbonyl (C=O) groups is 3. The van der Waals surface area contributed by atoms with Crippen molar-refractivity contribution in [3.63, 3.8) is 0 Å². The minimum absolute atomic E-state index is 0.115. The summed E-state index contributed by atoms with van der Waals surface area (Å²) in [6, 6.07) is 13.9. The molecule has 2 aromatic carbocycles. The molecule has 6 nitrogen and oxygen atoms in total. The van der Waals surface area contributed by atoms with Gasteiger partial charge in [0.15, 0.2) is 12.4 Å². The third-order valence-corrected chi connectivity index (χ3v) is 4.63. The summed E-state index contributed by atoms with van der Waals surface area (Å²) in [5.74, 6) is -0.119. The van der Waals surface area contributed by atoms with Crippen LogP contribution in [0.25, 0.3) is 0 Å². The molecule has 0 bridgehead atoms. The highest BCUT2D eigenvalue weighted by Crippen LogP contribution is 2.34. The van der Waals surface area contributed by atoms with E-state index in [2.05, 4.69) is 0 Å².